The van der Waals surface area contributed by atoms with E-state index in [4.69, 9.17) is 21.0 Å². The van der Waals surface area contributed by atoms with Gasteiger partial charge in [0, 0.05) is 48.6 Å². The molecule has 3 aliphatic rings. The summed E-state index contributed by atoms with van der Waals surface area (Å²) in [5.74, 6) is 0.205. The Kier molecular flexibility index (Phi) is 7.00. The van der Waals surface area contributed by atoms with Crippen LogP contribution in [0.15, 0.2) is 120 Å². The maximum absolute atomic E-state index is 14.5. The summed E-state index contributed by atoms with van der Waals surface area (Å²) < 4.78 is 79.8. The van der Waals surface area contributed by atoms with Gasteiger partial charge in [0.1, 0.15) is 5.82 Å². The van der Waals surface area contributed by atoms with E-state index >= 15 is 0 Å². The zero-order valence-electron chi connectivity index (χ0n) is 41.3. The van der Waals surface area contributed by atoms with Crippen LogP contribution in [0.2, 0.25) is 0 Å². The fourth-order valence-corrected chi connectivity index (χ4v) is 9.74. The molecule has 1 saturated heterocycles. The molecule has 2 aromatic heterocycles. The van der Waals surface area contributed by atoms with Crippen LogP contribution < -0.4 is 10.4 Å². The first kappa shape index (κ1) is 30.1. The van der Waals surface area contributed by atoms with Crippen molar-refractivity contribution in [1.82, 2.24) is 14.1 Å². The molecule has 6 nitrogen and oxygen atoms in total. The number of rotatable bonds is 5. The average Bonchev–Trinajstić information content (AvgIpc) is 3.80. The van der Waals surface area contributed by atoms with E-state index in [2.05, 4.69) is 65.6 Å². The number of aryl methyl sites for hydroxylation is 1. The molecule has 3 heterocycles. The third-order valence-electron chi connectivity index (χ3n) is 13.2. The van der Waals surface area contributed by atoms with Gasteiger partial charge < -0.3 is 14.6 Å². The van der Waals surface area contributed by atoms with E-state index in [9.17, 15) is 4.79 Å². The molecule has 0 radical (unpaired) electrons. The maximum atomic E-state index is 14.5. The minimum Gasteiger partial charge on any atom is -0.650 e. The van der Waals surface area contributed by atoms with E-state index in [1.54, 1.807) is 29.0 Å². The summed E-state index contributed by atoms with van der Waals surface area (Å²) in [6.45, 7) is 12.4. The molecule has 7 heteroatoms. The first-order chi connectivity index (χ1) is 30.5. The maximum Gasteiger partial charge on any atom is 0.326 e. The van der Waals surface area contributed by atoms with Gasteiger partial charge in [-0.3, -0.25) is 4.57 Å². The number of nitrogens with zero attached hydrogens (tertiary/aromatic N) is 4. The number of fused-ring (bicyclic) bond motifs is 4. The Morgan fingerprint density at radius 1 is 0.879 bits per heavy atom. The van der Waals surface area contributed by atoms with Crippen molar-refractivity contribution in [2.75, 3.05) is 0 Å². The van der Waals surface area contributed by atoms with Gasteiger partial charge in [-0.1, -0.05) is 126 Å². The summed E-state index contributed by atoms with van der Waals surface area (Å²) in [7, 11) is 0. The Hall–Kier alpha value is -5.03. The summed E-state index contributed by atoms with van der Waals surface area (Å²) in [6, 6.07) is 27.5. The fraction of sp³-hybridized carbons (Fsp3) is 0.294. The van der Waals surface area contributed by atoms with Crippen LogP contribution in [0.25, 0.3) is 39.0 Å². The van der Waals surface area contributed by atoms with Crippen molar-refractivity contribution in [1.29, 1.82) is 0 Å². The second-order valence-electron chi connectivity index (χ2n) is 17.7. The molecule has 58 heavy (non-hydrogen) atoms. The molecule has 0 spiro atoms. The topological polar surface area (TPSA) is 63.1 Å². The standard InChI is InChI=1S/C51H47N4O2.Pt/c1-30-19-23-38-43-42(30)36-22-20-34(28-37(36)47-44(43)45(51(7,8)50(38,5)6)46(53-47)31-15-11-9-12-16-31)57-35-21-24-39-40(29-35)55(41-27-32(25-26-52-41)49(2,3)4)48(56)54(39)33-17-13-10-14-18-33;/h9-27,44-47H,1-8H3;/q-3;/i1D3,9D,11D,12D,15D,16D;. The van der Waals surface area contributed by atoms with Crippen LogP contribution >= 0.6 is 0 Å². The van der Waals surface area contributed by atoms with Gasteiger partial charge >= 0.3 is 5.69 Å². The van der Waals surface area contributed by atoms with Crippen LogP contribution in [-0.2, 0) is 31.9 Å². The Labute approximate surface area is 366 Å². The number of benzene rings is 5. The van der Waals surface area contributed by atoms with E-state index in [-0.39, 0.29) is 55.4 Å². The predicted molar refractivity (Wildman–Crippen MR) is 228 cm³/mol. The predicted octanol–water partition coefficient (Wildman–Crippen LogP) is 12.0. The van der Waals surface area contributed by atoms with Crippen LogP contribution in [0, 0.1) is 30.3 Å². The molecule has 0 amide bonds. The molecule has 4 unspecified atom stereocenters. The number of para-hydroxylation sites is 1. The van der Waals surface area contributed by atoms with Crippen molar-refractivity contribution in [2.45, 2.75) is 84.1 Å². The molecule has 0 N–H and O–H groups in total. The smallest absolute Gasteiger partial charge is 0.326 e. The Morgan fingerprint density at radius 3 is 2.36 bits per heavy atom. The molecule has 2 aliphatic carbocycles. The SMILES string of the molecule is [2H]c1c([2H])c([2H])c(C2[N-]C3c4[c-]c(Oc5[c-]c6c(cc5)n(-c5ccccc5)c(=O)n6-c5cc(C(C)(C)C)ccn5)ccc4-c4c(C([2H])([2H])[2H])ccc5c4C3C2C(C)(C)C5(C)C)c([2H])c1[2H].[Pt]. The first-order valence-corrected chi connectivity index (χ1v) is 19.4. The molecule has 0 bridgehead atoms. The molecule has 4 atom stereocenters. The van der Waals surface area contributed by atoms with Crippen LogP contribution in [0.5, 0.6) is 11.5 Å². The van der Waals surface area contributed by atoms with Crippen LogP contribution in [-0.4, -0.2) is 14.1 Å². The van der Waals surface area contributed by atoms with E-state index in [0.29, 0.717) is 50.7 Å². The van der Waals surface area contributed by atoms with E-state index in [0.717, 1.165) is 16.7 Å². The monoisotopic (exact) mass is 950 g/mol. The summed E-state index contributed by atoms with van der Waals surface area (Å²) in [6.07, 6.45) is 1.70. The number of hydrogen-bond acceptors (Lipinski definition) is 3. The molecule has 10 rings (SSSR count). The number of pyridine rings is 1. The third kappa shape index (κ3) is 5.58. The normalized spacial score (nSPS) is 23.1. The fourth-order valence-electron chi connectivity index (χ4n) is 9.74. The molecule has 0 saturated carbocycles. The Balaban J connectivity index is 0.00000548. The molecule has 1 fully saturated rings. The molecule has 7 aromatic rings. The van der Waals surface area contributed by atoms with Crippen LogP contribution in [0.4, 0.5) is 0 Å². The number of imidazole rings is 1. The Bertz CT molecular complexity index is 3180. The number of hydrogen-bond donors (Lipinski definition) is 0. The zero-order valence-corrected chi connectivity index (χ0v) is 35.6. The minimum atomic E-state index is -2.48. The summed E-state index contributed by atoms with van der Waals surface area (Å²) >= 11 is 0. The van der Waals surface area contributed by atoms with Gasteiger partial charge in [-0.15, -0.1) is 48.0 Å². The Morgan fingerprint density at radius 2 is 1.62 bits per heavy atom. The average molecular weight is 951 g/mol. The van der Waals surface area contributed by atoms with Crippen molar-refractivity contribution in [3.05, 3.63) is 177 Å². The number of aromatic nitrogens is 3. The molecule has 5 aromatic carbocycles. The van der Waals surface area contributed by atoms with Crippen molar-refractivity contribution in [3.63, 3.8) is 0 Å². The van der Waals surface area contributed by atoms with Crippen molar-refractivity contribution in [3.8, 4) is 34.1 Å². The largest absolute Gasteiger partial charge is 0.650 e. The van der Waals surface area contributed by atoms with Gasteiger partial charge in [0.05, 0.1) is 6.85 Å². The van der Waals surface area contributed by atoms with Crippen molar-refractivity contribution < 1.29 is 36.8 Å². The third-order valence-corrected chi connectivity index (χ3v) is 13.2. The summed E-state index contributed by atoms with van der Waals surface area (Å²) in [5.41, 5.74) is 5.06. The molecule has 296 valence electrons. The van der Waals surface area contributed by atoms with Gasteiger partial charge in [-0.05, 0) is 86.9 Å². The second-order valence-corrected chi connectivity index (χ2v) is 17.7. The molecular formula is C51H47N4O2Pt-3. The van der Waals surface area contributed by atoms with Gasteiger partial charge in [-0.2, -0.15) is 11.6 Å². The van der Waals surface area contributed by atoms with Crippen LogP contribution in [0.1, 0.15) is 111 Å². The first-order valence-electron chi connectivity index (χ1n) is 23.4. The van der Waals surface area contributed by atoms with Crippen molar-refractivity contribution in [2.24, 2.45) is 11.3 Å². The van der Waals surface area contributed by atoms with E-state index in [1.807, 2.05) is 60.7 Å². The zero-order chi connectivity index (χ0) is 46.4. The van der Waals surface area contributed by atoms with Gasteiger partial charge in [0.2, 0.25) is 0 Å². The molecular weight excluding hydrogens is 896 g/mol. The van der Waals surface area contributed by atoms with E-state index in [1.165, 1.54) is 4.57 Å². The second kappa shape index (κ2) is 13.5. The molecule has 1 aliphatic heterocycles. The summed E-state index contributed by atoms with van der Waals surface area (Å²) in [5, 5.41) is 5.44. The van der Waals surface area contributed by atoms with Gasteiger partial charge in [0.15, 0.2) is 0 Å². The van der Waals surface area contributed by atoms with Crippen LogP contribution in [0.3, 0.4) is 0 Å². The minimum absolute atomic E-state index is 0. The quantitative estimate of drug-likeness (QED) is 0.162. The number of ether oxygens (including phenoxy) is 1. The van der Waals surface area contributed by atoms with E-state index < -0.39 is 59.7 Å². The van der Waals surface area contributed by atoms with Crippen molar-refractivity contribution >= 4 is 11.0 Å². The van der Waals surface area contributed by atoms with Gasteiger partial charge in [0.25, 0.3) is 0 Å². The van der Waals surface area contributed by atoms with Gasteiger partial charge in [-0.25, -0.2) is 9.78 Å². The summed E-state index contributed by atoms with van der Waals surface area (Å²) in [4.78, 5) is 19.1.